The molecule has 2 saturated heterocycles. The summed E-state index contributed by atoms with van der Waals surface area (Å²) in [6.07, 6.45) is 3.39. The third kappa shape index (κ3) is 3.33. The fraction of sp³-hybridized carbons (Fsp3) is 1.00. The van der Waals surface area contributed by atoms with Gasteiger partial charge in [0, 0.05) is 37.6 Å². The van der Waals surface area contributed by atoms with Gasteiger partial charge in [-0.15, -0.1) is 0 Å². The molecule has 2 fully saturated rings. The van der Waals surface area contributed by atoms with Crippen LogP contribution >= 0.6 is 0 Å². The first-order valence-corrected chi connectivity index (χ1v) is 6.29. The Labute approximate surface area is 101 Å². The van der Waals surface area contributed by atoms with Gasteiger partial charge in [-0.2, -0.15) is 0 Å². The Kier molecular flexibility index (Phi) is 4.23. The van der Waals surface area contributed by atoms with Crippen LogP contribution in [0.15, 0.2) is 5.11 Å². The van der Waals surface area contributed by atoms with Crippen molar-refractivity contribution in [2.75, 3.05) is 32.8 Å². The monoisotopic (exact) mass is 240 g/mol. The number of hydrogen-bond donors (Lipinski definition) is 1. The lowest BCUT2D eigenvalue weighted by Crippen LogP contribution is -2.54. The maximum absolute atomic E-state index is 9.76. The molecule has 0 aliphatic carbocycles. The molecule has 1 spiro atoms. The van der Waals surface area contributed by atoms with Crippen molar-refractivity contribution in [2.45, 2.75) is 37.4 Å². The predicted molar refractivity (Wildman–Crippen MR) is 63.6 cm³/mol. The summed E-state index contributed by atoms with van der Waals surface area (Å²) in [4.78, 5) is 5.04. The van der Waals surface area contributed by atoms with Gasteiger partial charge in [-0.1, -0.05) is 5.11 Å². The van der Waals surface area contributed by atoms with Crippen LogP contribution < -0.4 is 0 Å². The Morgan fingerprint density at radius 2 is 2.47 bits per heavy atom. The summed E-state index contributed by atoms with van der Waals surface area (Å²) in [5.41, 5.74) is 8.09. The Morgan fingerprint density at radius 1 is 1.59 bits per heavy atom. The zero-order chi connectivity index (χ0) is 12.1. The molecule has 0 bridgehead atoms. The van der Waals surface area contributed by atoms with E-state index in [-0.39, 0.29) is 11.7 Å². The van der Waals surface area contributed by atoms with E-state index in [4.69, 9.17) is 10.3 Å². The molecule has 2 heterocycles. The first kappa shape index (κ1) is 12.6. The third-order valence-electron chi connectivity index (χ3n) is 3.66. The van der Waals surface area contributed by atoms with Gasteiger partial charge >= 0.3 is 0 Å². The number of nitrogens with zero attached hydrogens (tertiary/aromatic N) is 4. The van der Waals surface area contributed by atoms with Gasteiger partial charge in [0.2, 0.25) is 0 Å². The Balaban J connectivity index is 1.89. The molecule has 6 nitrogen and oxygen atoms in total. The number of piperidine rings is 1. The van der Waals surface area contributed by atoms with Crippen molar-refractivity contribution in [3.63, 3.8) is 0 Å². The first-order valence-electron chi connectivity index (χ1n) is 6.29. The van der Waals surface area contributed by atoms with Crippen molar-refractivity contribution in [1.82, 2.24) is 4.90 Å². The smallest absolute Gasteiger partial charge is 0.0833 e. The number of rotatable bonds is 3. The summed E-state index contributed by atoms with van der Waals surface area (Å²) in [5.74, 6) is 0. The molecule has 2 aliphatic rings. The molecule has 0 aromatic heterocycles. The van der Waals surface area contributed by atoms with E-state index in [1.165, 1.54) is 0 Å². The van der Waals surface area contributed by atoms with Crippen molar-refractivity contribution in [3.8, 4) is 0 Å². The third-order valence-corrected chi connectivity index (χ3v) is 3.66. The minimum Gasteiger partial charge on any atom is -0.393 e. The molecule has 0 saturated carbocycles. The zero-order valence-corrected chi connectivity index (χ0v) is 10.1. The molecular weight excluding hydrogens is 220 g/mol. The SMILES string of the molecule is [N-]=[N+]=NCCN1CCC[C@@]2(C[C@@H](O)CCO2)C1. The van der Waals surface area contributed by atoms with Crippen molar-refractivity contribution in [3.05, 3.63) is 10.4 Å². The summed E-state index contributed by atoms with van der Waals surface area (Å²) in [6, 6.07) is 0. The van der Waals surface area contributed by atoms with E-state index in [2.05, 4.69) is 14.9 Å². The normalized spacial score (nSPS) is 34.5. The largest absolute Gasteiger partial charge is 0.393 e. The van der Waals surface area contributed by atoms with E-state index in [0.29, 0.717) is 13.2 Å². The molecule has 0 amide bonds. The van der Waals surface area contributed by atoms with Crippen LogP contribution in [-0.2, 0) is 4.74 Å². The Morgan fingerprint density at radius 3 is 3.24 bits per heavy atom. The number of aliphatic hydroxyl groups excluding tert-OH is 1. The molecule has 2 rings (SSSR count). The fourth-order valence-corrected chi connectivity index (χ4v) is 2.90. The highest BCUT2D eigenvalue weighted by Crippen LogP contribution is 2.33. The van der Waals surface area contributed by atoms with E-state index in [1.807, 2.05) is 0 Å². The lowest BCUT2D eigenvalue weighted by molar-refractivity contribution is -0.146. The molecule has 6 heteroatoms. The van der Waals surface area contributed by atoms with E-state index >= 15 is 0 Å². The van der Waals surface area contributed by atoms with Crippen molar-refractivity contribution < 1.29 is 9.84 Å². The average Bonchev–Trinajstić information content (AvgIpc) is 2.29. The van der Waals surface area contributed by atoms with E-state index in [0.717, 1.165) is 45.3 Å². The summed E-state index contributed by atoms with van der Waals surface area (Å²) < 4.78 is 5.91. The highest BCUT2D eigenvalue weighted by atomic mass is 16.5. The average molecular weight is 240 g/mol. The number of likely N-dealkylation sites (tertiary alicyclic amines) is 1. The van der Waals surface area contributed by atoms with Crippen LogP contribution in [0.25, 0.3) is 10.4 Å². The molecule has 17 heavy (non-hydrogen) atoms. The number of hydrogen-bond acceptors (Lipinski definition) is 4. The first-order chi connectivity index (χ1) is 8.24. The van der Waals surface area contributed by atoms with Crippen LogP contribution in [0.1, 0.15) is 25.7 Å². The number of aliphatic hydroxyl groups is 1. The Bertz CT molecular complexity index is 302. The quantitative estimate of drug-likeness (QED) is 0.458. The van der Waals surface area contributed by atoms with Crippen molar-refractivity contribution in [1.29, 1.82) is 0 Å². The van der Waals surface area contributed by atoms with Crippen molar-refractivity contribution in [2.24, 2.45) is 5.11 Å². The van der Waals surface area contributed by atoms with Crippen LogP contribution in [0.5, 0.6) is 0 Å². The van der Waals surface area contributed by atoms with Gasteiger partial charge in [0.15, 0.2) is 0 Å². The standard InChI is InChI=1S/C11H20N4O2/c12-14-13-4-6-15-5-1-3-11(9-15)8-10(16)2-7-17-11/h10,16H,1-9H2/t10-,11+/m0/s1. The maximum Gasteiger partial charge on any atom is 0.0833 e. The topological polar surface area (TPSA) is 81.5 Å². The minimum atomic E-state index is -0.221. The second-order valence-electron chi connectivity index (χ2n) is 5.01. The second kappa shape index (κ2) is 5.69. The summed E-state index contributed by atoms with van der Waals surface area (Å²) >= 11 is 0. The van der Waals surface area contributed by atoms with E-state index in [9.17, 15) is 5.11 Å². The van der Waals surface area contributed by atoms with Gasteiger partial charge in [-0.05, 0) is 31.3 Å². The second-order valence-corrected chi connectivity index (χ2v) is 5.01. The molecule has 0 aromatic carbocycles. The van der Waals surface area contributed by atoms with Gasteiger partial charge in [-0.25, -0.2) is 0 Å². The predicted octanol–water partition coefficient (Wildman–Crippen LogP) is 1.30. The summed E-state index contributed by atoms with van der Waals surface area (Å²) in [5, 5.41) is 13.3. The zero-order valence-electron chi connectivity index (χ0n) is 10.1. The maximum atomic E-state index is 9.76. The highest BCUT2D eigenvalue weighted by molar-refractivity contribution is 4.93. The molecular formula is C11H20N4O2. The molecule has 2 atom stereocenters. The van der Waals surface area contributed by atoms with E-state index in [1.54, 1.807) is 0 Å². The number of azide groups is 1. The van der Waals surface area contributed by atoms with Gasteiger partial charge < -0.3 is 14.7 Å². The fourth-order valence-electron chi connectivity index (χ4n) is 2.90. The van der Waals surface area contributed by atoms with Crippen LogP contribution in [0, 0.1) is 0 Å². The molecule has 96 valence electrons. The van der Waals surface area contributed by atoms with E-state index < -0.39 is 0 Å². The molecule has 0 radical (unpaired) electrons. The van der Waals surface area contributed by atoms with Gasteiger partial charge in [-0.3, -0.25) is 0 Å². The minimum absolute atomic E-state index is 0.160. The van der Waals surface area contributed by atoms with Crippen LogP contribution in [0.2, 0.25) is 0 Å². The molecule has 0 unspecified atom stereocenters. The summed E-state index contributed by atoms with van der Waals surface area (Å²) in [6.45, 7) is 3.83. The summed E-state index contributed by atoms with van der Waals surface area (Å²) in [7, 11) is 0. The molecule has 1 N–H and O–H groups in total. The van der Waals surface area contributed by atoms with Gasteiger partial charge in [0.25, 0.3) is 0 Å². The van der Waals surface area contributed by atoms with Crippen LogP contribution in [-0.4, -0.2) is 54.5 Å². The molecule has 0 aromatic rings. The van der Waals surface area contributed by atoms with Crippen LogP contribution in [0.4, 0.5) is 0 Å². The van der Waals surface area contributed by atoms with Gasteiger partial charge in [0.1, 0.15) is 0 Å². The number of ether oxygens (including phenoxy) is 1. The lowest BCUT2D eigenvalue weighted by atomic mass is 9.84. The highest BCUT2D eigenvalue weighted by Gasteiger charge is 2.40. The van der Waals surface area contributed by atoms with Crippen LogP contribution in [0.3, 0.4) is 0 Å². The van der Waals surface area contributed by atoms with Gasteiger partial charge in [0.05, 0.1) is 11.7 Å². The Hall–Kier alpha value is -0.810. The lowest BCUT2D eigenvalue weighted by Gasteiger charge is -2.46. The molecule has 2 aliphatic heterocycles. The van der Waals surface area contributed by atoms with Crippen molar-refractivity contribution >= 4 is 0 Å².